The van der Waals surface area contributed by atoms with Crippen LogP contribution in [0.15, 0.2) is 47.2 Å². The minimum Gasteiger partial charge on any atom is -0.465 e. The van der Waals surface area contributed by atoms with Crippen LogP contribution < -0.4 is 15.4 Å². The molecular weight excluding hydrogens is 462 g/mol. The zero-order valence-electron chi connectivity index (χ0n) is 14.2. The molecule has 0 spiro atoms. The third-order valence-electron chi connectivity index (χ3n) is 3.79. The first kappa shape index (κ1) is 23.4. The van der Waals surface area contributed by atoms with Crippen LogP contribution in [-0.4, -0.2) is 42.1 Å². The predicted molar refractivity (Wildman–Crippen MR) is 109 cm³/mol. The number of carbonyl (C=O) groups excluding carboxylic acids is 1. The van der Waals surface area contributed by atoms with E-state index in [2.05, 4.69) is 31.5 Å². The van der Waals surface area contributed by atoms with Gasteiger partial charge < -0.3 is 15.0 Å². The quantitative estimate of drug-likeness (QED) is 0.655. The Hall–Kier alpha value is -1.61. The Morgan fingerprint density at radius 1 is 1.30 bits per heavy atom. The van der Waals surface area contributed by atoms with Gasteiger partial charge in [-0.15, -0.1) is 24.8 Å². The van der Waals surface area contributed by atoms with E-state index >= 15 is 0 Å². The smallest absolute Gasteiger partial charge is 0.320 e. The second-order valence-corrected chi connectivity index (χ2v) is 6.45. The van der Waals surface area contributed by atoms with Gasteiger partial charge in [0.05, 0.1) is 6.20 Å². The van der Waals surface area contributed by atoms with E-state index in [-0.39, 0.29) is 36.4 Å². The SMILES string of the molecule is Cl.Cl.O=C(N[C@H](Oc1cccnc1)c1ccc(Br)cc1F)N1CCNCC1. The molecule has 2 heterocycles. The summed E-state index contributed by atoms with van der Waals surface area (Å²) in [5, 5.41) is 5.95. The third-order valence-corrected chi connectivity index (χ3v) is 4.29. The standard InChI is InChI=1S/C17H18BrFN4O2.2ClH/c18-12-3-4-14(15(19)10-12)16(25-13-2-1-5-21-11-13)22-17(24)23-8-6-20-7-9-23;;/h1-5,10-11,16,20H,6-9H2,(H,22,24);2*1H/t16-;;/m1../s1. The summed E-state index contributed by atoms with van der Waals surface area (Å²) in [6.07, 6.45) is 2.17. The number of rotatable bonds is 4. The summed E-state index contributed by atoms with van der Waals surface area (Å²) in [7, 11) is 0. The minimum atomic E-state index is -0.959. The molecule has 27 heavy (non-hydrogen) atoms. The molecule has 2 amide bonds. The van der Waals surface area contributed by atoms with Gasteiger partial charge in [-0.2, -0.15) is 0 Å². The first-order valence-corrected chi connectivity index (χ1v) is 8.70. The van der Waals surface area contributed by atoms with Gasteiger partial charge in [0.15, 0.2) is 0 Å². The molecule has 0 radical (unpaired) electrons. The first-order chi connectivity index (χ1) is 12.1. The number of pyridine rings is 1. The number of ether oxygens (including phenoxy) is 1. The van der Waals surface area contributed by atoms with Gasteiger partial charge >= 0.3 is 6.03 Å². The number of carbonyl (C=O) groups is 1. The predicted octanol–water partition coefficient (Wildman–Crippen LogP) is 3.52. The maximum Gasteiger partial charge on any atom is 0.320 e. The second kappa shape index (κ2) is 11.3. The van der Waals surface area contributed by atoms with Crippen LogP contribution in [0.5, 0.6) is 5.75 Å². The molecule has 1 saturated heterocycles. The lowest BCUT2D eigenvalue weighted by molar-refractivity contribution is 0.137. The number of nitrogens with zero attached hydrogens (tertiary/aromatic N) is 2. The van der Waals surface area contributed by atoms with Crippen molar-refractivity contribution in [2.24, 2.45) is 0 Å². The van der Waals surface area contributed by atoms with E-state index < -0.39 is 12.0 Å². The van der Waals surface area contributed by atoms with Gasteiger partial charge in [0.25, 0.3) is 0 Å². The lowest BCUT2D eigenvalue weighted by atomic mass is 10.2. The third kappa shape index (κ3) is 6.49. The van der Waals surface area contributed by atoms with Crippen LogP contribution in [0, 0.1) is 5.82 Å². The molecule has 0 bridgehead atoms. The highest BCUT2D eigenvalue weighted by Gasteiger charge is 2.24. The molecule has 148 valence electrons. The molecule has 6 nitrogen and oxygen atoms in total. The Kier molecular flexibility index (Phi) is 9.79. The lowest BCUT2D eigenvalue weighted by Crippen LogP contribution is -2.51. The van der Waals surface area contributed by atoms with E-state index in [1.54, 1.807) is 35.4 Å². The summed E-state index contributed by atoms with van der Waals surface area (Å²) in [4.78, 5) is 18.2. The van der Waals surface area contributed by atoms with Crippen molar-refractivity contribution in [3.63, 3.8) is 0 Å². The zero-order chi connectivity index (χ0) is 17.6. The largest absolute Gasteiger partial charge is 0.465 e. The Bertz CT molecular complexity index is 736. The molecule has 0 saturated carbocycles. The van der Waals surface area contributed by atoms with Gasteiger partial charge in [0, 0.05) is 42.4 Å². The van der Waals surface area contributed by atoms with E-state index in [0.29, 0.717) is 23.3 Å². The molecule has 2 aromatic rings. The number of nitrogens with one attached hydrogen (secondary N) is 2. The highest BCUT2D eigenvalue weighted by molar-refractivity contribution is 9.10. The van der Waals surface area contributed by atoms with Crippen LogP contribution in [0.1, 0.15) is 11.8 Å². The molecule has 3 rings (SSSR count). The zero-order valence-corrected chi connectivity index (χ0v) is 17.4. The number of amides is 2. The monoisotopic (exact) mass is 480 g/mol. The number of piperazine rings is 1. The summed E-state index contributed by atoms with van der Waals surface area (Å²) in [6, 6.07) is 7.74. The average Bonchev–Trinajstić information content (AvgIpc) is 2.63. The fraction of sp³-hybridized carbons (Fsp3) is 0.294. The Morgan fingerprint density at radius 2 is 2.04 bits per heavy atom. The molecule has 1 atom stereocenters. The normalized spacial score (nSPS) is 14.4. The number of urea groups is 1. The van der Waals surface area contributed by atoms with Crippen LogP contribution in [-0.2, 0) is 0 Å². The molecular formula is C17H20BrCl2FN4O2. The molecule has 0 aliphatic carbocycles. The summed E-state index contributed by atoms with van der Waals surface area (Å²) in [5.74, 6) is -0.0284. The highest BCUT2D eigenvalue weighted by atomic mass is 79.9. The van der Waals surface area contributed by atoms with Crippen molar-refractivity contribution in [3.05, 3.63) is 58.6 Å². The Labute approximate surface area is 177 Å². The molecule has 1 aromatic heterocycles. The first-order valence-electron chi connectivity index (χ1n) is 7.91. The van der Waals surface area contributed by atoms with E-state index in [0.717, 1.165) is 13.1 Å². The van der Waals surface area contributed by atoms with Crippen LogP contribution in [0.25, 0.3) is 0 Å². The Morgan fingerprint density at radius 3 is 2.67 bits per heavy atom. The number of benzene rings is 1. The molecule has 1 aliphatic rings. The highest BCUT2D eigenvalue weighted by Crippen LogP contribution is 2.24. The number of hydrogen-bond acceptors (Lipinski definition) is 4. The van der Waals surface area contributed by atoms with Gasteiger partial charge in [-0.1, -0.05) is 15.9 Å². The van der Waals surface area contributed by atoms with Gasteiger partial charge in [-0.25, -0.2) is 9.18 Å². The average molecular weight is 482 g/mol. The van der Waals surface area contributed by atoms with E-state index in [4.69, 9.17) is 4.74 Å². The fourth-order valence-electron chi connectivity index (χ4n) is 2.51. The maximum absolute atomic E-state index is 14.4. The van der Waals surface area contributed by atoms with Crippen molar-refractivity contribution >= 4 is 46.8 Å². The van der Waals surface area contributed by atoms with E-state index in [1.807, 2.05) is 0 Å². The van der Waals surface area contributed by atoms with Crippen molar-refractivity contribution in [3.8, 4) is 5.75 Å². The van der Waals surface area contributed by atoms with E-state index in [9.17, 15) is 9.18 Å². The van der Waals surface area contributed by atoms with Crippen LogP contribution >= 0.6 is 40.7 Å². The molecule has 2 N–H and O–H groups in total. The van der Waals surface area contributed by atoms with Crippen molar-refractivity contribution in [1.82, 2.24) is 20.5 Å². The van der Waals surface area contributed by atoms with E-state index in [1.165, 1.54) is 12.3 Å². The Balaban J connectivity index is 0.00000182. The minimum absolute atomic E-state index is 0. The van der Waals surface area contributed by atoms with Crippen molar-refractivity contribution in [1.29, 1.82) is 0 Å². The van der Waals surface area contributed by atoms with Gasteiger partial charge in [-0.05, 0) is 30.3 Å². The summed E-state index contributed by atoms with van der Waals surface area (Å²) >= 11 is 3.23. The summed E-state index contributed by atoms with van der Waals surface area (Å²) in [6.45, 7) is 2.64. The van der Waals surface area contributed by atoms with Crippen LogP contribution in [0.4, 0.5) is 9.18 Å². The molecule has 1 fully saturated rings. The van der Waals surface area contributed by atoms with Crippen LogP contribution in [0.2, 0.25) is 0 Å². The van der Waals surface area contributed by atoms with Gasteiger partial charge in [0.1, 0.15) is 11.6 Å². The number of halogens is 4. The molecule has 1 aliphatic heterocycles. The van der Waals surface area contributed by atoms with Gasteiger partial charge in [-0.3, -0.25) is 10.3 Å². The molecule has 0 unspecified atom stereocenters. The summed E-state index contributed by atoms with van der Waals surface area (Å²) < 4.78 is 20.8. The fourth-order valence-corrected chi connectivity index (χ4v) is 2.84. The van der Waals surface area contributed by atoms with Crippen molar-refractivity contribution < 1.29 is 13.9 Å². The number of aromatic nitrogens is 1. The van der Waals surface area contributed by atoms with Crippen molar-refractivity contribution in [2.45, 2.75) is 6.23 Å². The maximum atomic E-state index is 14.4. The number of hydrogen-bond donors (Lipinski definition) is 2. The second-order valence-electron chi connectivity index (χ2n) is 5.54. The topological polar surface area (TPSA) is 66.5 Å². The lowest BCUT2D eigenvalue weighted by Gasteiger charge is -2.30. The van der Waals surface area contributed by atoms with Crippen LogP contribution in [0.3, 0.4) is 0 Å². The molecule has 10 heteroatoms. The summed E-state index contributed by atoms with van der Waals surface area (Å²) in [5.41, 5.74) is 0.246. The van der Waals surface area contributed by atoms with Crippen molar-refractivity contribution in [2.75, 3.05) is 26.2 Å². The molecule has 1 aromatic carbocycles. The van der Waals surface area contributed by atoms with Gasteiger partial charge in [0.2, 0.25) is 6.23 Å².